The molecule has 0 rings (SSSR count). The average molecular weight is 213 g/mol. The summed E-state index contributed by atoms with van der Waals surface area (Å²) in [6.45, 7) is 0. The average Bonchev–Trinajstić information content (AvgIpc) is 1.89. The molecule has 0 bridgehead atoms. The molecule has 0 fully saturated rings. The molecular weight excluding hydrogens is 210 g/mol. The van der Waals surface area contributed by atoms with Gasteiger partial charge in [-0.1, -0.05) is 0 Å². The lowest BCUT2D eigenvalue weighted by atomic mass is 12.0. The monoisotopic (exact) mass is 212 g/mol. The minimum Gasteiger partial charge on any atom is -0.224 e. The van der Waals surface area contributed by atoms with E-state index in [9.17, 15) is 4.57 Å². The van der Waals surface area contributed by atoms with Crippen LogP contribution in [-0.2, 0) is 16.7 Å². The van der Waals surface area contributed by atoms with E-state index in [0.717, 1.165) is 12.0 Å². The van der Waals surface area contributed by atoms with E-state index in [-0.39, 0.29) is 0 Å². The van der Waals surface area contributed by atoms with Gasteiger partial charge < -0.3 is 0 Å². The van der Waals surface area contributed by atoms with Gasteiger partial charge in [-0.15, -0.1) is 0 Å². The number of rotatable bonds is 4. The first-order valence-electron chi connectivity index (χ1n) is 1.61. The third-order valence-electron chi connectivity index (χ3n) is 0.335. The largest absolute Gasteiger partial charge is 0.519 e. The van der Waals surface area contributed by atoms with E-state index >= 15 is 0 Å². The third-order valence-corrected chi connectivity index (χ3v) is 3.01. The molecule has 0 unspecified atom stereocenters. The van der Waals surface area contributed by atoms with Crippen LogP contribution in [0.1, 0.15) is 0 Å². The van der Waals surface area contributed by atoms with Gasteiger partial charge in [-0.05, 0) is 0 Å². The zero-order valence-electron chi connectivity index (χ0n) is 4.24. The first kappa shape index (κ1) is 10.0. The lowest BCUT2D eigenvalue weighted by Crippen LogP contribution is -1.79. The summed E-state index contributed by atoms with van der Waals surface area (Å²) < 4.78 is 22.4. The molecule has 0 saturated heterocycles. The van der Waals surface area contributed by atoms with Gasteiger partial charge in [-0.25, -0.2) is 8.54 Å². The van der Waals surface area contributed by atoms with Crippen molar-refractivity contribution in [3.05, 3.63) is 0 Å². The van der Waals surface area contributed by atoms with Crippen LogP contribution in [0.2, 0.25) is 0 Å². The van der Waals surface area contributed by atoms with Crippen LogP contribution < -0.4 is 0 Å². The molecule has 0 aliphatic rings. The van der Waals surface area contributed by atoms with Crippen LogP contribution in [-0.4, -0.2) is 6.26 Å². The fraction of sp³-hybridized carbons (Fsp3) is 1.00. The fourth-order valence-electron chi connectivity index (χ4n) is 0.125. The minimum absolute atomic E-state index is 0.776. The SMILES string of the molecule is CSOP(=O)(OCl)OCl. The predicted octanol–water partition coefficient (Wildman–Crippen LogP) is 2.73. The number of phosphoric acid groups is 1. The lowest BCUT2D eigenvalue weighted by molar-refractivity contribution is 0.337. The van der Waals surface area contributed by atoms with Crippen LogP contribution in [0.25, 0.3) is 0 Å². The van der Waals surface area contributed by atoms with Crippen molar-refractivity contribution < 1.29 is 16.7 Å². The Kier molecular flexibility index (Phi) is 5.35. The molecule has 0 heterocycles. The van der Waals surface area contributed by atoms with Gasteiger partial charge in [-0.3, -0.25) is 0 Å². The maximum atomic E-state index is 10.6. The van der Waals surface area contributed by atoms with Crippen molar-refractivity contribution in [1.82, 2.24) is 0 Å². The Morgan fingerprint density at radius 1 is 1.44 bits per heavy atom. The summed E-state index contributed by atoms with van der Waals surface area (Å²) >= 11 is 10.1. The van der Waals surface area contributed by atoms with Crippen LogP contribution in [0, 0.1) is 0 Å². The van der Waals surface area contributed by atoms with Gasteiger partial charge in [0.15, 0.2) is 0 Å². The number of hydrogen-bond donors (Lipinski definition) is 0. The zero-order chi connectivity index (χ0) is 7.33. The van der Waals surface area contributed by atoms with E-state index in [2.05, 4.69) is 35.9 Å². The van der Waals surface area contributed by atoms with Crippen molar-refractivity contribution in [3.63, 3.8) is 0 Å². The lowest BCUT2D eigenvalue weighted by Gasteiger charge is -2.04. The van der Waals surface area contributed by atoms with Crippen molar-refractivity contribution >= 4 is 43.6 Å². The summed E-state index contributed by atoms with van der Waals surface area (Å²) in [6.07, 6.45) is 1.51. The molecule has 0 atom stereocenters. The molecule has 8 heteroatoms. The normalized spacial score (nSPS) is 11.9. The van der Waals surface area contributed by atoms with Crippen molar-refractivity contribution in [2.45, 2.75) is 0 Å². The van der Waals surface area contributed by atoms with Crippen molar-refractivity contribution in [3.8, 4) is 0 Å². The van der Waals surface area contributed by atoms with Crippen molar-refractivity contribution in [2.75, 3.05) is 6.26 Å². The van der Waals surface area contributed by atoms with Gasteiger partial charge in [-0.2, -0.15) is 8.15 Å². The summed E-state index contributed by atoms with van der Waals surface area (Å²) in [5.74, 6) is 0. The maximum absolute atomic E-state index is 10.6. The molecule has 9 heavy (non-hydrogen) atoms. The van der Waals surface area contributed by atoms with Crippen LogP contribution in [0.3, 0.4) is 0 Å². The first-order chi connectivity index (χ1) is 4.18. The quantitative estimate of drug-likeness (QED) is 0.530. The first-order valence-corrected chi connectivity index (χ1v) is 4.84. The second kappa shape index (κ2) is 4.79. The Balaban J connectivity index is 3.78. The van der Waals surface area contributed by atoms with Gasteiger partial charge in [0.1, 0.15) is 0 Å². The highest BCUT2D eigenvalue weighted by Gasteiger charge is 2.26. The summed E-state index contributed by atoms with van der Waals surface area (Å²) in [4.78, 5) is 0. The number of hydrogen-bond acceptors (Lipinski definition) is 5. The molecule has 0 saturated carbocycles. The van der Waals surface area contributed by atoms with Gasteiger partial charge in [0.2, 0.25) is 0 Å². The molecule has 0 N–H and O–H groups in total. The highest BCUT2D eigenvalue weighted by atomic mass is 35.5. The van der Waals surface area contributed by atoms with E-state index in [1.165, 1.54) is 6.26 Å². The Hall–Kier alpha value is 1.04. The minimum atomic E-state index is -3.69. The van der Waals surface area contributed by atoms with E-state index in [1.807, 2.05) is 0 Å². The van der Waals surface area contributed by atoms with Crippen molar-refractivity contribution in [1.29, 1.82) is 0 Å². The summed E-state index contributed by atoms with van der Waals surface area (Å²) in [5, 5.41) is 0. The standard InChI is InChI=1S/CH3Cl2O4PS/c1-9-7-8(4,5-2)6-3/h1H3. The summed E-state index contributed by atoms with van der Waals surface area (Å²) in [7, 11) is -3.69. The topological polar surface area (TPSA) is 44.8 Å². The molecule has 0 aromatic rings. The van der Waals surface area contributed by atoms with Gasteiger partial charge in [0.05, 0.1) is 23.7 Å². The van der Waals surface area contributed by atoms with E-state index in [1.54, 1.807) is 0 Å². The molecular formula is CH3Cl2O4PS. The molecule has 0 aromatic heterocycles. The molecule has 0 aliphatic heterocycles. The molecule has 0 amide bonds. The van der Waals surface area contributed by atoms with E-state index < -0.39 is 7.82 Å². The summed E-state index contributed by atoms with van der Waals surface area (Å²) in [5.41, 5.74) is 0. The Morgan fingerprint density at radius 2 is 1.89 bits per heavy atom. The van der Waals surface area contributed by atoms with Crippen LogP contribution in [0.15, 0.2) is 0 Å². The Labute approximate surface area is 66.9 Å². The van der Waals surface area contributed by atoms with Crippen molar-refractivity contribution in [2.24, 2.45) is 0 Å². The molecule has 0 spiro atoms. The molecule has 56 valence electrons. The second-order valence-corrected chi connectivity index (χ2v) is 3.75. The summed E-state index contributed by atoms with van der Waals surface area (Å²) in [6, 6.07) is 0. The highest BCUT2D eigenvalue weighted by Crippen LogP contribution is 2.54. The van der Waals surface area contributed by atoms with Crippen LogP contribution in [0.4, 0.5) is 0 Å². The Bertz CT molecular complexity index is 111. The van der Waals surface area contributed by atoms with E-state index in [4.69, 9.17) is 0 Å². The fourth-order valence-corrected chi connectivity index (χ4v) is 1.73. The van der Waals surface area contributed by atoms with E-state index in [0.29, 0.717) is 0 Å². The third kappa shape index (κ3) is 3.68. The molecule has 0 aromatic carbocycles. The molecule has 0 aliphatic carbocycles. The van der Waals surface area contributed by atoms with Gasteiger partial charge in [0.25, 0.3) is 0 Å². The Morgan fingerprint density at radius 3 is 2.00 bits per heavy atom. The molecule has 4 nitrogen and oxygen atoms in total. The number of halogens is 2. The zero-order valence-corrected chi connectivity index (χ0v) is 7.47. The van der Waals surface area contributed by atoms with Crippen LogP contribution >= 0.6 is 43.6 Å². The maximum Gasteiger partial charge on any atom is 0.519 e. The van der Waals surface area contributed by atoms with Crippen LogP contribution in [0.5, 0.6) is 0 Å². The smallest absolute Gasteiger partial charge is 0.224 e. The highest BCUT2D eigenvalue weighted by molar-refractivity contribution is 7.97. The van der Waals surface area contributed by atoms with Gasteiger partial charge >= 0.3 is 7.82 Å². The predicted molar refractivity (Wildman–Crippen MR) is 36.1 cm³/mol. The second-order valence-electron chi connectivity index (χ2n) is 0.826. The molecule has 0 radical (unpaired) electrons. The van der Waals surface area contributed by atoms with Gasteiger partial charge in [0, 0.05) is 18.3 Å².